The average Bonchev–Trinajstić information content (AvgIpc) is 2.04. The molecule has 0 N–H and O–H groups in total. The summed E-state index contributed by atoms with van der Waals surface area (Å²) in [6.07, 6.45) is 0. The first-order chi connectivity index (χ1) is 5.36. The van der Waals surface area contributed by atoms with E-state index in [4.69, 9.17) is 0 Å². The van der Waals surface area contributed by atoms with Crippen LogP contribution >= 0.6 is 0 Å². The molecular weight excluding hydrogens is 241 g/mol. The van der Waals surface area contributed by atoms with Crippen molar-refractivity contribution in [2.75, 3.05) is 0 Å². The van der Waals surface area contributed by atoms with Crippen LogP contribution < -0.4 is 3.71 Å². The third-order valence-electron chi connectivity index (χ3n) is 1.74. The third kappa shape index (κ3) is 1.38. The Morgan fingerprint density at radius 1 is 1.00 bits per heavy atom. The van der Waals surface area contributed by atoms with Crippen LogP contribution in [-0.4, -0.2) is 27.5 Å². The number of pyridine rings is 1. The molecule has 0 amide bonds. The van der Waals surface area contributed by atoms with Crippen LogP contribution in [0.25, 0.3) is 10.9 Å². The third-order valence-corrected chi connectivity index (χ3v) is 3.33. The average molecular weight is 250 g/mol. The van der Waals surface area contributed by atoms with Crippen molar-refractivity contribution in [1.82, 2.24) is 4.98 Å². The van der Waals surface area contributed by atoms with Crippen molar-refractivity contribution < 1.29 is 0 Å². The molecule has 1 aromatic carbocycles. The van der Waals surface area contributed by atoms with E-state index in [-0.39, 0.29) is 0 Å². The molecule has 1 aromatic heterocycles. The minimum atomic E-state index is 0.534. The molecule has 0 aliphatic carbocycles. The fourth-order valence-corrected chi connectivity index (χ4v) is 2.33. The van der Waals surface area contributed by atoms with Gasteiger partial charge in [0.1, 0.15) is 0 Å². The molecule has 0 saturated carbocycles. The molecule has 0 aliphatic rings. The maximum absolute atomic E-state index is 4.47. The van der Waals surface area contributed by atoms with Gasteiger partial charge in [-0.2, -0.15) is 0 Å². The topological polar surface area (TPSA) is 12.9 Å². The summed E-state index contributed by atoms with van der Waals surface area (Å²) in [5, 5.41) is 1.24. The summed E-state index contributed by atoms with van der Waals surface area (Å²) in [6, 6.07) is 12.5. The molecule has 1 heterocycles. The van der Waals surface area contributed by atoms with Crippen LogP contribution in [0.1, 0.15) is 0 Å². The van der Waals surface area contributed by atoms with E-state index in [0.717, 1.165) is 5.52 Å². The van der Waals surface area contributed by atoms with Crippen molar-refractivity contribution in [2.24, 2.45) is 0 Å². The van der Waals surface area contributed by atoms with Crippen LogP contribution in [0.3, 0.4) is 0 Å². The van der Waals surface area contributed by atoms with Gasteiger partial charge in [0.25, 0.3) is 0 Å². The van der Waals surface area contributed by atoms with Gasteiger partial charge in [-0.15, -0.1) is 0 Å². The van der Waals surface area contributed by atoms with Gasteiger partial charge in [0.2, 0.25) is 0 Å². The summed E-state index contributed by atoms with van der Waals surface area (Å²) < 4.78 is 1.28. The van der Waals surface area contributed by atoms with Crippen molar-refractivity contribution in [3.8, 4) is 0 Å². The van der Waals surface area contributed by atoms with Gasteiger partial charge in [-0.3, -0.25) is 0 Å². The normalized spacial score (nSPS) is 10.5. The summed E-state index contributed by atoms with van der Waals surface area (Å²) >= 11 is 0.534. The summed E-state index contributed by atoms with van der Waals surface area (Å²) in [5.41, 5.74) is 1.13. The number of para-hydroxylation sites is 1. The molecular formula is C9H9NSn. The second-order valence-electron chi connectivity index (χ2n) is 2.65. The molecule has 1 nitrogen and oxygen atoms in total. The zero-order valence-corrected chi connectivity index (χ0v) is 12.1. The maximum atomic E-state index is 4.47. The van der Waals surface area contributed by atoms with Crippen molar-refractivity contribution in [3.63, 3.8) is 0 Å². The van der Waals surface area contributed by atoms with Crippen molar-refractivity contribution in [1.29, 1.82) is 0 Å². The standard InChI is InChI=1S/C9H6N.Sn.3H/c1-2-6-9-8(4-1)5-3-7-10-9;;;;/h1-6H;;;;. The number of rotatable bonds is 0. The molecule has 2 rings (SSSR count). The zero-order chi connectivity index (χ0) is 7.68. The first kappa shape index (κ1) is 7.10. The monoisotopic (exact) mass is 251 g/mol. The van der Waals surface area contributed by atoms with Gasteiger partial charge in [0.05, 0.1) is 0 Å². The fourth-order valence-electron chi connectivity index (χ4n) is 1.17. The van der Waals surface area contributed by atoms with Gasteiger partial charge in [-0.05, 0) is 0 Å². The SMILES string of the molecule is [SnH3][c]1ccc2ccccc2n1. The molecule has 0 radical (unpaired) electrons. The molecule has 0 bridgehead atoms. The van der Waals surface area contributed by atoms with Crippen LogP contribution in [0.4, 0.5) is 0 Å². The molecule has 11 heavy (non-hydrogen) atoms. The molecule has 54 valence electrons. The Hall–Kier alpha value is -0.571. The molecule has 2 aromatic rings. The number of hydrogen-bond acceptors (Lipinski definition) is 1. The second-order valence-corrected chi connectivity index (χ2v) is 5.57. The number of nitrogens with zero attached hydrogens (tertiary/aromatic N) is 1. The minimum absolute atomic E-state index is 0.534. The van der Waals surface area contributed by atoms with E-state index < -0.39 is 0 Å². The van der Waals surface area contributed by atoms with Crippen LogP contribution in [0.5, 0.6) is 0 Å². The first-order valence-corrected chi connectivity index (χ1v) is 6.54. The van der Waals surface area contributed by atoms with E-state index in [2.05, 4.69) is 29.2 Å². The molecule has 2 heteroatoms. The van der Waals surface area contributed by atoms with Crippen LogP contribution in [0.15, 0.2) is 36.4 Å². The van der Waals surface area contributed by atoms with E-state index in [0.29, 0.717) is 22.5 Å². The Kier molecular flexibility index (Phi) is 1.82. The number of fused-ring (bicyclic) bond motifs is 1. The molecule has 0 aliphatic heterocycles. The van der Waals surface area contributed by atoms with Gasteiger partial charge in [0.15, 0.2) is 0 Å². The summed E-state index contributed by atoms with van der Waals surface area (Å²) in [6.45, 7) is 0. The quantitative estimate of drug-likeness (QED) is 0.609. The molecule has 0 spiro atoms. The van der Waals surface area contributed by atoms with Crippen molar-refractivity contribution >= 4 is 37.1 Å². The van der Waals surface area contributed by atoms with Crippen LogP contribution in [0, 0.1) is 0 Å². The van der Waals surface area contributed by atoms with Gasteiger partial charge in [0, 0.05) is 0 Å². The first-order valence-electron chi connectivity index (χ1n) is 3.69. The number of benzene rings is 1. The van der Waals surface area contributed by atoms with Gasteiger partial charge in [-0.25, -0.2) is 0 Å². The predicted octanol–water partition coefficient (Wildman–Crippen LogP) is 0.225. The summed E-state index contributed by atoms with van der Waals surface area (Å²) in [4.78, 5) is 4.47. The molecule has 0 saturated heterocycles. The van der Waals surface area contributed by atoms with Crippen LogP contribution in [0.2, 0.25) is 0 Å². The number of hydrogen-bond donors (Lipinski definition) is 0. The van der Waals surface area contributed by atoms with E-state index in [1.807, 2.05) is 12.1 Å². The molecule has 0 atom stereocenters. The van der Waals surface area contributed by atoms with Crippen molar-refractivity contribution in [2.45, 2.75) is 0 Å². The Labute approximate surface area is 78.5 Å². The Morgan fingerprint density at radius 2 is 1.82 bits per heavy atom. The Balaban J connectivity index is 2.83. The van der Waals surface area contributed by atoms with E-state index >= 15 is 0 Å². The molecule has 0 fully saturated rings. The number of aromatic nitrogens is 1. The Morgan fingerprint density at radius 3 is 2.73 bits per heavy atom. The second kappa shape index (κ2) is 2.81. The fraction of sp³-hybridized carbons (Fsp3) is 0. The predicted molar refractivity (Wildman–Crippen MR) is 51.3 cm³/mol. The van der Waals surface area contributed by atoms with E-state index in [1.54, 1.807) is 0 Å². The van der Waals surface area contributed by atoms with Gasteiger partial charge in [-0.1, -0.05) is 0 Å². The summed E-state index contributed by atoms with van der Waals surface area (Å²) in [7, 11) is 0. The Bertz CT molecular complexity index is 384. The van der Waals surface area contributed by atoms with Crippen LogP contribution in [-0.2, 0) is 0 Å². The summed E-state index contributed by atoms with van der Waals surface area (Å²) in [5.74, 6) is 0. The molecule has 0 unspecified atom stereocenters. The van der Waals surface area contributed by atoms with Gasteiger partial charge >= 0.3 is 78.5 Å². The van der Waals surface area contributed by atoms with Crippen molar-refractivity contribution in [3.05, 3.63) is 36.4 Å². The van der Waals surface area contributed by atoms with E-state index in [1.165, 1.54) is 9.10 Å². The zero-order valence-electron chi connectivity index (χ0n) is 6.41. The van der Waals surface area contributed by atoms with Gasteiger partial charge < -0.3 is 0 Å². The van der Waals surface area contributed by atoms with E-state index in [9.17, 15) is 0 Å².